The molecule has 1 aromatic heterocycles. The first-order chi connectivity index (χ1) is 19.7. The van der Waals surface area contributed by atoms with Gasteiger partial charge in [0.15, 0.2) is 11.0 Å². The lowest BCUT2D eigenvalue weighted by Gasteiger charge is -2.25. The summed E-state index contributed by atoms with van der Waals surface area (Å²) in [6, 6.07) is 5.04. The Bertz CT molecular complexity index is 1710. The first kappa shape index (κ1) is 32.2. The Hall–Kier alpha value is -3.73. The van der Waals surface area contributed by atoms with Crippen molar-refractivity contribution >= 4 is 38.6 Å². The van der Waals surface area contributed by atoms with Gasteiger partial charge in [0.2, 0.25) is 5.88 Å². The van der Waals surface area contributed by atoms with Gasteiger partial charge in [-0.2, -0.15) is 47.9 Å². The number of fused-ring (bicyclic) bond motifs is 2. The van der Waals surface area contributed by atoms with Gasteiger partial charge in [0.1, 0.15) is 12.4 Å². The van der Waals surface area contributed by atoms with Crippen LogP contribution in [0, 0.1) is 0 Å². The Labute approximate surface area is 239 Å². The highest BCUT2D eigenvalue weighted by molar-refractivity contribution is 7.84. The third-order valence-electron chi connectivity index (χ3n) is 6.63. The Morgan fingerprint density at radius 3 is 2.00 bits per heavy atom. The zero-order valence-electron chi connectivity index (χ0n) is 22.4. The van der Waals surface area contributed by atoms with E-state index in [9.17, 15) is 52.5 Å². The number of rotatable bonds is 7. The second-order valence-corrected chi connectivity index (χ2v) is 10.9. The third-order valence-corrected chi connectivity index (χ3v) is 7.21. The van der Waals surface area contributed by atoms with Crippen LogP contribution in [0.2, 0.25) is 0 Å². The van der Waals surface area contributed by atoms with E-state index in [-0.39, 0.29) is 47.1 Å². The molecule has 0 aliphatic carbocycles. The highest BCUT2D eigenvalue weighted by Gasteiger charge is 2.41. The molecule has 4 rings (SSSR count). The molecule has 0 bridgehead atoms. The summed E-state index contributed by atoms with van der Waals surface area (Å²) in [5, 5.41) is 0. The van der Waals surface area contributed by atoms with E-state index in [2.05, 4.69) is 0 Å². The zero-order chi connectivity index (χ0) is 32.1. The lowest BCUT2D eigenvalue weighted by atomic mass is 10.1. The lowest BCUT2D eigenvalue weighted by Crippen LogP contribution is -2.36. The molecular formula is C26H24F9N4O3S+. The molecule has 0 saturated carbocycles. The number of alkyl halides is 9. The van der Waals surface area contributed by atoms with E-state index >= 15 is 0 Å². The SMILES string of the molecule is CCN1/C(=C\C=C\c2n(CS(=O)(=O)O)c3cc(C(F)(F)F)ccc3[n+]2CC)N(CC(F)(F)F)c2cc(C(F)(F)F)ccc21. The molecule has 234 valence electrons. The smallest absolute Gasteiger partial charge is 0.326 e. The van der Waals surface area contributed by atoms with E-state index < -0.39 is 52.2 Å². The van der Waals surface area contributed by atoms with Crippen molar-refractivity contribution in [2.45, 2.75) is 44.8 Å². The van der Waals surface area contributed by atoms with Crippen LogP contribution in [-0.2, 0) is 34.9 Å². The minimum absolute atomic E-state index is 0.0217. The number of benzene rings is 2. The van der Waals surface area contributed by atoms with Crippen LogP contribution in [0.15, 0.2) is 54.4 Å². The van der Waals surface area contributed by atoms with E-state index in [4.69, 9.17) is 0 Å². The molecule has 2 heterocycles. The number of aryl methyl sites for hydroxylation is 1. The molecule has 1 N–H and O–H groups in total. The summed E-state index contributed by atoms with van der Waals surface area (Å²) < 4.78 is 157. The molecule has 0 fully saturated rings. The van der Waals surface area contributed by atoms with Gasteiger partial charge in [-0.05, 0) is 50.3 Å². The van der Waals surface area contributed by atoms with Crippen LogP contribution < -0.4 is 14.4 Å². The number of hydrogen-bond acceptors (Lipinski definition) is 4. The van der Waals surface area contributed by atoms with Gasteiger partial charge in [-0.1, -0.05) is 6.08 Å². The number of hydrogen-bond donors (Lipinski definition) is 1. The molecule has 0 atom stereocenters. The molecule has 0 unspecified atom stereocenters. The average molecular weight is 644 g/mol. The van der Waals surface area contributed by atoms with E-state index in [0.29, 0.717) is 17.0 Å². The van der Waals surface area contributed by atoms with Crippen molar-refractivity contribution in [1.29, 1.82) is 0 Å². The summed E-state index contributed by atoms with van der Waals surface area (Å²) in [7, 11) is -4.78. The highest BCUT2D eigenvalue weighted by atomic mass is 32.2. The normalized spacial score (nSPS) is 15.9. The number of imidazole rings is 1. The van der Waals surface area contributed by atoms with Crippen molar-refractivity contribution in [3.63, 3.8) is 0 Å². The van der Waals surface area contributed by atoms with Crippen LogP contribution in [0.25, 0.3) is 17.1 Å². The first-order valence-electron chi connectivity index (χ1n) is 12.5. The largest absolute Gasteiger partial charge is 0.416 e. The number of allylic oxidation sites excluding steroid dienone is 2. The average Bonchev–Trinajstić information content (AvgIpc) is 3.31. The summed E-state index contributed by atoms with van der Waals surface area (Å²) in [6.45, 7) is 1.73. The molecule has 2 aromatic carbocycles. The van der Waals surface area contributed by atoms with Crippen molar-refractivity contribution in [2.24, 2.45) is 0 Å². The van der Waals surface area contributed by atoms with Crippen LogP contribution in [0.3, 0.4) is 0 Å². The fourth-order valence-electron chi connectivity index (χ4n) is 4.96. The lowest BCUT2D eigenvalue weighted by molar-refractivity contribution is -0.670. The Morgan fingerprint density at radius 2 is 1.47 bits per heavy atom. The number of nitrogens with zero attached hydrogens (tertiary/aromatic N) is 4. The topological polar surface area (TPSA) is 69.7 Å². The van der Waals surface area contributed by atoms with E-state index in [1.54, 1.807) is 13.8 Å². The zero-order valence-corrected chi connectivity index (χ0v) is 23.2. The standard InChI is InChI=1S/C26H23F9N4O3S/c1-3-36-18-10-8-16(25(30,31)32)12-20(18)38(14-24(27,28)29)22(36)6-5-7-23-37(4-2)19-11-9-17(26(33,34)35)13-21(19)39(23)15-43(40,41)42/h5-13H,3-4,14-15H2,1-2H3/p+1. The van der Waals surface area contributed by atoms with Crippen LogP contribution >= 0.6 is 0 Å². The fourth-order valence-corrected chi connectivity index (χ4v) is 5.56. The van der Waals surface area contributed by atoms with Crippen LogP contribution in [0.5, 0.6) is 0 Å². The maximum Gasteiger partial charge on any atom is 0.416 e. The van der Waals surface area contributed by atoms with Gasteiger partial charge in [0.25, 0.3) is 5.82 Å². The molecule has 1 aliphatic rings. The van der Waals surface area contributed by atoms with Crippen molar-refractivity contribution in [1.82, 2.24) is 4.57 Å². The van der Waals surface area contributed by atoms with Gasteiger partial charge in [0.05, 0.1) is 29.0 Å². The minimum atomic E-state index is -4.82. The van der Waals surface area contributed by atoms with Crippen molar-refractivity contribution in [2.75, 3.05) is 22.9 Å². The Morgan fingerprint density at radius 1 is 0.860 bits per heavy atom. The second-order valence-electron chi connectivity index (χ2n) is 9.47. The molecule has 3 aromatic rings. The van der Waals surface area contributed by atoms with Gasteiger partial charge in [0, 0.05) is 18.7 Å². The summed E-state index contributed by atoms with van der Waals surface area (Å²) in [6.07, 6.45) is -10.8. The van der Waals surface area contributed by atoms with Gasteiger partial charge in [-0.15, -0.1) is 0 Å². The molecular weight excluding hydrogens is 619 g/mol. The van der Waals surface area contributed by atoms with Crippen molar-refractivity contribution < 1.29 is 57.1 Å². The first-order valence-corrected chi connectivity index (χ1v) is 14.2. The number of halogens is 9. The Kier molecular flexibility index (Phi) is 8.29. The molecule has 17 heteroatoms. The summed E-state index contributed by atoms with van der Waals surface area (Å²) in [5.74, 6) is -1.31. The molecule has 7 nitrogen and oxygen atoms in total. The predicted octanol–water partition coefficient (Wildman–Crippen LogP) is 6.60. The molecule has 0 spiro atoms. The second kappa shape index (κ2) is 11.1. The van der Waals surface area contributed by atoms with E-state index in [1.165, 1.54) is 27.7 Å². The highest BCUT2D eigenvalue weighted by Crippen LogP contribution is 2.45. The molecule has 1 aliphatic heterocycles. The van der Waals surface area contributed by atoms with E-state index in [0.717, 1.165) is 28.8 Å². The maximum absolute atomic E-state index is 13.6. The minimum Gasteiger partial charge on any atom is -0.326 e. The van der Waals surface area contributed by atoms with Crippen molar-refractivity contribution in [3.05, 3.63) is 71.3 Å². The quantitative estimate of drug-likeness (QED) is 0.179. The number of anilines is 2. The van der Waals surface area contributed by atoms with Crippen LogP contribution in [-0.4, -0.2) is 36.8 Å². The molecule has 0 amide bonds. The fraction of sp³-hybridized carbons (Fsp3) is 0.346. The van der Waals surface area contributed by atoms with Crippen LogP contribution in [0.4, 0.5) is 50.9 Å². The van der Waals surface area contributed by atoms with Gasteiger partial charge in [-0.3, -0.25) is 4.55 Å². The molecule has 0 saturated heterocycles. The van der Waals surface area contributed by atoms with Gasteiger partial charge < -0.3 is 9.80 Å². The number of aromatic nitrogens is 2. The molecule has 43 heavy (non-hydrogen) atoms. The molecule has 0 radical (unpaired) electrons. The maximum atomic E-state index is 13.6. The Balaban J connectivity index is 1.89. The monoisotopic (exact) mass is 643 g/mol. The predicted molar refractivity (Wildman–Crippen MR) is 139 cm³/mol. The summed E-state index contributed by atoms with van der Waals surface area (Å²) in [5.41, 5.74) is -2.50. The van der Waals surface area contributed by atoms with Gasteiger partial charge in [-0.25, -0.2) is 9.13 Å². The third kappa shape index (κ3) is 6.76. The van der Waals surface area contributed by atoms with Gasteiger partial charge >= 0.3 is 28.6 Å². The van der Waals surface area contributed by atoms with E-state index in [1.807, 2.05) is 0 Å². The summed E-state index contributed by atoms with van der Waals surface area (Å²) in [4.78, 5) is 2.01. The van der Waals surface area contributed by atoms with Crippen molar-refractivity contribution in [3.8, 4) is 0 Å². The summed E-state index contributed by atoms with van der Waals surface area (Å²) >= 11 is 0. The van der Waals surface area contributed by atoms with Crippen LogP contribution in [0.1, 0.15) is 30.8 Å².